The number of ether oxygens (including phenoxy) is 2. The van der Waals surface area contributed by atoms with E-state index in [1.54, 1.807) is 18.9 Å². The molecule has 7 heteroatoms. The highest BCUT2D eigenvalue weighted by molar-refractivity contribution is 6.69. The SMILES string of the molecule is CCCCN1C(=O)C(O[Si](C)(C)C)[C@H](C(=O)OCC)[C@H]1c1ccc(OC)cc1. The van der Waals surface area contributed by atoms with Crippen LogP contribution in [0.15, 0.2) is 24.3 Å². The molecule has 6 nitrogen and oxygen atoms in total. The van der Waals surface area contributed by atoms with Gasteiger partial charge < -0.3 is 18.8 Å². The maximum atomic E-state index is 13.3. The molecule has 0 aliphatic carbocycles. The van der Waals surface area contributed by atoms with E-state index in [9.17, 15) is 9.59 Å². The van der Waals surface area contributed by atoms with Gasteiger partial charge in [-0.25, -0.2) is 0 Å². The van der Waals surface area contributed by atoms with E-state index < -0.39 is 26.4 Å². The molecule has 0 bridgehead atoms. The molecule has 3 atom stereocenters. The Bertz CT molecular complexity index is 670. The Balaban J connectivity index is 2.50. The minimum Gasteiger partial charge on any atom is -0.497 e. The molecule has 0 saturated carbocycles. The monoisotopic (exact) mass is 407 g/mol. The molecular formula is C21H33NO5Si. The first kappa shape index (κ1) is 22.4. The van der Waals surface area contributed by atoms with Crippen molar-refractivity contribution in [3.8, 4) is 5.75 Å². The number of hydrogen-bond acceptors (Lipinski definition) is 5. The van der Waals surface area contributed by atoms with Gasteiger partial charge in [0, 0.05) is 6.54 Å². The number of amides is 1. The van der Waals surface area contributed by atoms with Crippen LogP contribution in [-0.2, 0) is 18.8 Å². The predicted molar refractivity (Wildman–Crippen MR) is 111 cm³/mol. The summed E-state index contributed by atoms with van der Waals surface area (Å²) in [4.78, 5) is 28.0. The van der Waals surface area contributed by atoms with Crippen molar-refractivity contribution in [3.05, 3.63) is 29.8 Å². The van der Waals surface area contributed by atoms with Crippen LogP contribution < -0.4 is 4.74 Å². The van der Waals surface area contributed by atoms with Gasteiger partial charge in [0.2, 0.25) is 0 Å². The Hall–Kier alpha value is -1.86. The van der Waals surface area contributed by atoms with Crippen LogP contribution in [-0.4, -0.2) is 51.5 Å². The Morgan fingerprint density at radius 2 is 1.79 bits per heavy atom. The molecule has 0 aromatic heterocycles. The second-order valence-corrected chi connectivity index (χ2v) is 12.5. The van der Waals surface area contributed by atoms with E-state index in [1.807, 2.05) is 43.9 Å². The Kier molecular flexibility index (Phi) is 7.66. The average molecular weight is 408 g/mol. The van der Waals surface area contributed by atoms with Crippen LogP contribution in [0.1, 0.15) is 38.3 Å². The first-order valence-electron chi connectivity index (χ1n) is 10.0. The van der Waals surface area contributed by atoms with Crippen molar-refractivity contribution in [3.63, 3.8) is 0 Å². The number of esters is 1. The fraction of sp³-hybridized carbons (Fsp3) is 0.619. The van der Waals surface area contributed by atoms with Gasteiger partial charge in [-0.2, -0.15) is 0 Å². The van der Waals surface area contributed by atoms with E-state index in [1.165, 1.54) is 0 Å². The van der Waals surface area contributed by atoms with E-state index in [2.05, 4.69) is 6.92 Å². The molecule has 1 aliphatic heterocycles. The van der Waals surface area contributed by atoms with Crippen LogP contribution in [0.5, 0.6) is 5.75 Å². The standard InChI is InChI=1S/C21H33NO5Si/c1-7-9-14-22-18(15-10-12-16(25-3)13-11-15)17(21(24)26-8-2)19(20(22)23)27-28(4,5)6/h10-13,17-19H,7-9,14H2,1-6H3/t17-,18-,19?/m1/s1. The number of methoxy groups -OCH3 is 1. The van der Waals surface area contributed by atoms with Gasteiger partial charge in [0.15, 0.2) is 8.32 Å². The highest BCUT2D eigenvalue weighted by Crippen LogP contribution is 2.42. The van der Waals surface area contributed by atoms with Crippen molar-refractivity contribution in [1.29, 1.82) is 0 Å². The molecule has 28 heavy (non-hydrogen) atoms. The summed E-state index contributed by atoms with van der Waals surface area (Å²) in [5.41, 5.74) is 0.894. The maximum absolute atomic E-state index is 13.3. The lowest BCUT2D eigenvalue weighted by Gasteiger charge is -2.28. The predicted octanol–water partition coefficient (Wildman–Crippen LogP) is 3.78. The van der Waals surface area contributed by atoms with Gasteiger partial charge in [-0.1, -0.05) is 25.5 Å². The number of carbonyl (C=O) groups is 2. The zero-order chi connectivity index (χ0) is 20.9. The second-order valence-electron chi connectivity index (χ2n) is 8.03. The summed E-state index contributed by atoms with van der Waals surface area (Å²) < 4.78 is 16.8. The fourth-order valence-corrected chi connectivity index (χ4v) is 4.58. The Morgan fingerprint density at radius 3 is 2.29 bits per heavy atom. The minimum atomic E-state index is -2.06. The Morgan fingerprint density at radius 1 is 1.14 bits per heavy atom. The molecule has 0 N–H and O–H groups in total. The van der Waals surface area contributed by atoms with Gasteiger partial charge in [0.25, 0.3) is 5.91 Å². The first-order valence-corrected chi connectivity index (χ1v) is 13.4. The van der Waals surface area contributed by atoms with Crippen molar-refractivity contribution in [2.75, 3.05) is 20.3 Å². The van der Waals surface area contributed by atoms with E-state index >= 15 is 0 Å². The molecule has 1 heterocycles. The first-order chi connectivity index (χ1) is 13.2. The summed E-state index contributed by atoms with van der Waals surface area (Å²) >= 11 is 0. The quantitative estimate of drug-likeness (QED) is 0.460. The molecule has 1 unspecified atom stereocenters. The van der Waals surface area contributed by atoms with Crippen molar-refractivity contribution in [1.82, 2.24) is 4.90 Å². The van der Waals surface area contributed by atoms with Crippen molar-refractivity contribution >= 4 is 20.2 Å². The number of unbranched alkanes of at least 4 members (excludes halogenated alkanes) is 1. The summed E-state index contributed by atoms with van der Waals surface area (Å²) in [6.07, 6.45) is 1.03. The Labute approximate surface area is 169 Å². The lowest BCUT2D eigenvalue weighted by atomic mass is 9.92. The smallest absolute Gasteiger partial charge is 0.314 e. The van der Waals surface area contributed by atoms with Gasteiger partial charge in [-0.15, -0.1) is 0 Å². The summed E-state index contributed by atoms with van der Waals surface area (Å²) in [6.45, 7) is 10.8. The second kappa shape index (κ2) is 9.56. The maximum Gasteiger partial charge on any atom is 0.314 e. The zero-order valence-corrected chi connectivity index (χ0v) is 18.9. The highest BCUT2D eigenvalue weighted by Gasteiger charge is 2.54. The van der Waals surface area contributed by atoms with Crippen molar-refractivity contribution in [2.24, 2.45) is 5.92 Å². The van der Waals surface area contributed by atoms with Gasteiger partial charge >= 0.3 is 5.97 Å². The third-order valence-electron chi connectivity index (χ3n) is 4.78. The molecule has 1 aliphatic rings. The number of hydrogen-bond donors (Lipinski definition) is 0. The van der Waals surface area contributed by atoms with Crippen LogP contribution in [0.3, 0.4) is 0 Å². The number of nitrogens with zero attached hydrogens (tertiary/aromatic N) is 1. The van der Waals surface area contributed by atoms with Gasteiger partial charge in [-0.05, 0) is 50.7 Å². The van der Waals surface area contributed by atoms with Gasteiger partial charge in [0.1, 0.15) is 17.8 Å². The fourth-order valence-electron chi connectivity index (χ4n) is 3.58. The summed E-state index contributed by atoms with van der Waals surface area (Å²) in [7, 11) is -0.444. The molecule has 1 aromatic carbocycles. The van der Waals surface area contributed by atoms with Crippen LogP contribution in [0, 0.1) is 5.92 Å². The van der Waals surface area contributed by atoms with Crippen LogP contribution in [0.2, 0.25) is 19.6 Å². The lowest BCUT2D eigenvalue weighted by Crippen LogP contribution is -2.42. The number of rotatable bonds is 9. The van der Waals surface area contributed by atoms with Crippen LogP contribution in [0.25, 0.3) is 0 Å². The van der Waals surface area contributed by atoms with Crippen LogP contribution >= 0.6 is 0 Å². The average Bonchev–Trinajstić information content (AvgIpc) is 2.91. The molecule has 1 fully saturated rings. The van der Waals surface area contributed by atoms with Gasteiger partial charge in [-0.3, -0.25) is 9.59 Å². The number of benzene rings is 1. The molecule has 0 spiro atoms. The largest absolute Gasteiger partial charge is 0.497 e. The zero-order valence-electron chi connectivity index (χ0n) is 17.9. The number of carbonyl (C=O) groups excluding carboxylic acids is 2. The van der Waals surface area contributed by atoms with Gasteiger partial charge in [0.05, 0.1) is 19.8 Å². The van der Waals surface area contributed by atoms with Crippen LogP contribution in [0.4, 0.5) is 0 Å². The third kappa shape index (κ3) is 5.14. The molecule has 1 aromatic rings. The van der Waals surface area contributed by atoms with E-state index in [0.717, 1.165) is 24.2 Å². The van der Waals surface area contributed by atoms with E-state index in [0.29, 0.717) is 6.54 Å². The molecule has 1 saturated heterocycles. The summed E-state index contributed by atoms with van der Waals surface area (Å²) in [6, 6.07) is 7.14. The molecule has 156 valence electrons. The highest BCUT2D eigenvalue weighted by atomic mass is 28.4. The normalized spacial score (nSPS) is 22.4. The number of likely N-dealkylation sites (tertiary alicyclic amines) is 1. The third-order valence-corrected chi connectivity index (χ3v) is 5.74. The molecule has 2 rings (SSSR count). The minimum absolute atomic E-state index is 0.116. The molecule has 1 amide bonds. The van der Waals surface area contributed by atoms with Crippen molar-refractivity contribution in [2.45, 2.75) is 58.5 Å². The molecule has 0 radical (unpaired) electrons. The molecular weight excluding hydrogens is 374 g/mol. The van der Waals surface area contributed by atoms with E-state index in [-0.39, 0.29) is 18.5 Å². The topological polar surface area (TPSA) is 65.1 Å². The summed E-state index contributed by atoms with van der Waals surface area (Å²) in [5.74, 6) is -0.436. The summed E-state index contributed by atoms with van der Waals surface area (Å²) in [5, 5.41) is 0. The van der Waals surface area contributed by atoms with E-state index in [4.69, 9.17) is 13.9 Å². The van der Waals surface area contributed by atoms with Crippen molar-refractivity contribution < 1.29 is 23.5 Å². The lowest BCUT2D eigenvalue weighted by molar-refractivity contribution is -0.152.